The SMILES string of the molecule is CC(C)CCCNc1snc(N)c1OC(C)C. The maximum atomic E-state index is 5.78. The van der Waals surface area contributed by atoms with E-state index in [0.29, 0.717) is 11.6 Å². The second kappa shape index (κ2) is 6.69. The maximum Gasteiger partial charge on any atom is 0.197 e. The summed E-state index contributed by atoms with van der Waals surface area (Å²) < 4.78 is 9.77. The Kier molecular flexibility index (Phi) is 5.55. The predicted octanol–water partition coefficient (Wildman–Crippen LogP) is 3.36. The van der Waals surface area contributed by atoms with Crippen LogP contribution in [0, 0.1) is 5.92 Å². The van der Waals surface area contributed by atoms with Crippen molar-refractivity contribution in [3.63, 3.8) is 0 Å². The molecule has 1 rings (SSSR count). The Labute approximate surface area is 108 Å². The van der Waals surface area contributed by atoms with Crippen LogP contribution in [0.25, 0.3) is 0 Å². The molecule has 1 aromatic rings. The molecule has 0 amide bonds. The molecule has 4 nitrogen and oxygen atoms in total. The van der Waals surface area contributed by atoms with Crippen molar-refractivity contribution in [3.8, 4) is 5.75 Å². The van der Waals surface area contributed by atoms with Gasteiger partial charge in [-0.25, -0.2) is 0 Å². The Morgan fingerprint density at radius 1 is 1.35 bits per heavy atom. The van der Waals surface area contributed by atoms with Crippen LogP contribution in [0.1, 0.15) is 40.5 Å². The highest BCUT2D eigenvalue weighted by Gasteiger charge is 2.13. The third-order valence-corrected chi connectivity index (χ3v) is 3.07. The Bertz CT molecular complexity index is 336. The quantitative estimate of drug-likeness (QED) is 0.735. The number of rotatable bonds is 7. The fraction of sp³-hybridized carbons (Fsp3) is 0.750. The molecule has 0 saturated carbocycles. The highest BCUT2D eigenvalue weighted by molar-refractivity contribution is 7.11. The topological polar surface area (TPSA) is 60.2 Å². The van der Waals surface area contributed by atoms with Crippen LogP contribution < -0.4 is 15.8 Å². The van der Waals surface area contributed by atoms with Crippen molar-refractivity contribution in [2.75, 3.05) is 17.6 Å². The van der Waals surface area contributed by atoms with Crippen molar-refractivity contribution >= 4 is 22.4 Å². The van der Waals surface area contributed by atoms with Gasteiger partial charge < -0.3 is 15.8 Å². The van der Waals surface area contributed by atoms with Crippen molar-refractivity contribution in [3.05, 3.63) is 0 Å². The Morgan fingerprint density at radius 3 is 2.65 bits per heavy atom. The number of nitrogens with two attached hydrogens (primary N) is 1. The molecule has 98 valence electrons. The Balaban J connectivity index is 2.47. The van der Waals surface area contributed by atoms with E-state index in [1.54, 1.807) is 0 Å². The molecule has 0 aliphatic heterocycles. The Hall–Kier alpha value is -0.970. The van der Waals surface area contributed by atoms with Crippen molar-refractivity contribution in [1.82, 2.24) is 4.37 Å². The lowest BCUT2D eigenvalue weighted by Crippen LogP contribution is -2.09. The van der Waals surface area contributed by atoms with Gasteiger partial charge in [0.25, 0.3) is 0 Å². The van der Waals surface area contributed by atoms with E-state index in [-0.39, 0.29) is 6.10 Å². The molecule has 0 saturated heterocycles. The van der Waals surface area contributed by atoms with Crippen molar-refractivity contribution in [1.29, 1.82) is 0 Å². The van der Waals surface area contributed by atoms with E-state index in [1.165, 1.54) is 18.0 Å². The third-order valence-electron chi connectivity index (χ3n) is 2.27. The number of nitrogens with zero attached hydrogens (tertiary/aromatic N) is 1. The first-order valence-corrected chi connectivity index (χ1v) is 6.93. The van der Waals surface area contributed by atoms with Crippen molar-refractivity contribution < 1.29 is 4.74 Å². The highest BCUT2D eigenvalue weighted by atomic mass is 32.1. The first-order chi connectivity index (χ1) is 8.00. The van der Waals surface area contributed by atoms with Crippen LogP contribution >= 0.6 is 11.5 Å². The van der Waals surface area contributed by atoms with Crippen molar-refractivity contribution in [2.45, 2.75) is 46.6 Å². The highest BCUT2D eigenvalue weighted by Crippen LogP contribution is 2.35. The van der Waals surface area contributed by atoms with Crippen LogP contribution in [0.5, 0.6) is 5.75 Å². The van der Waals surface area contributed by atoms with Crippen LogP contribution in [-0.4, -0.2) is 17.0 Å². The lowest BCUT2D eigenvalue weighted by Gasteiger charge is -2.11. The summed E-state index contributed by atoms with van der Waals surface area (Å²) in [6.45, 7) is 9.38. The zero-order valence-corrected chi connectivity index (χ0v) is 11.9. The molecular formula is C12H23N3OS. The number of aromatic nitrogens is 1. The fourth-order valence-electron chi connectivity index (χ4n) is 1.47. The predicted molar refractivity (Wildman–Crippen MR) is 74.9 cm³/mol. The van der Waals surface area contributed by atoms with E-state index >= 15 is 0 Å². The lowest BCUT2D eigenvalue weighted by atomic mass is 10.1. The van der Waals surface area contributed by atoms with E-state index < -0.39 is 0 Å². The number of hydrogen-bond acceptors (Lipinski definition) is 5. The molecule has 0 spiro atoms. The van der Waals surface area contributed by atoms with Gasteiger partial charge in [-0.2, -0.15) is 4.37 Å². The van der Waals surface area contributed by atoms with Crippen molar-refractivity contribution in [2.24, 2.45) is 5.92 Å². The molecule has 17 heavy (non-hydrogen) atoms. The van der Waals surface area contributed by atoms with Gasteiger partial charge in [0.1, 0.15) is 0 Å². The molecule has 0 aliphatic carbocycles. The average Bonchev–Trinajstić information content (AvgIpc) is 2.55. The molecule has 3 N–H and O–H groups in total. The molecule has 0 atom stereocenters. The normalized spacial score (nSPS) is 11.2. The summed E-state index contributed by atoms with van der Waals surface area (Å²) in [6.07, 6.45) is 2.49. The maximum absolute atomic E-state index is 5.78. The number of anilines is 2. The standard InChI is InChI=1S/C12H23N3OS/c1-8(2)6-5-7-14-12-10(16-9(3)4)11(13)15-17-12/h8-9,14H,5-7H2,1-4H3,(H2,13,15). The summed E-state index contributed by atoms with van der Waals surface area (Å²) in [5.74, 6) is 1.93. The summed E-state index contributed by atoms with van der Waals surface area (Å²) in [5, 5.41) is 4.29. The average molecular weight is 257 g/mol. The van der Waals surface area contributed by atoms with Gasteiger partial charge in [-0.05, 0) is 44.1 Å². The van der Waals surface area contributed by atoms with Gasteiger partial charge in [0.2, 0.25) is 0 Å². The van der Waals surface area contributed by atoms with E-state index in [4.69, 9.17) is 10.5 Å². The number of hydrogen-bond donors (Lipinski definition) is 2. The zero-order chi connectivity index (χ0) is 12.8. The molecule has 0 bridgehead atoms. The number of ether oxygens (including phenoxy) is 1. The molecule has 5 heteroatoms. The van der Waals surface area contributed by atoms with Gasteiger partial charge in [0.05, 0.1) is 6.10 Å². The first kappa shape index (κ1) is 14.1. The molecule has 1 heterocycles. The monoisotopic (exact) mass is 257 g/mol. The fourth-order valence-corrected chi connectivity index (χ4v) is 2.14. The third kappa shape index (κ3) is 4.81. The largest absolute Gasteiger partial charge is 0.484 e. The van der Waals surface area contributed by atoms with E-state index in [2.05, 4.69) is 23.5 Å². The van der Waals surface area contributed by atoms with Gasteiger partial charge >= 0.3 is 0 Å². The van der Waals surface area contributed by atoms with Crippen LogP contribution in [0.4, 0.5) is 10.8 Å². The zero-order valence-electron chi connectivity index (χ0n) is 11.1. The minimum atomic E-state index is 0.116. The summed E-state index contributed by atoms with van der Waals surface area (Å²) >= 11 is 1.37. The number of nitrogens with one attached hydrogen (secondary N) is 1. The second-order valence-electron chi connectivity index (χ2n) is 4.86. The summed E-state index contributed by atoms with van der Waals surface area (Å²) in [7, 11) is 0. The van der Waals surface area contributed by atoms with Crippen LogP contribution in [0.15, 0.2) is 0 Å². The minimum Gasteiger partial charge on any atom is -0.484 e. The summed E-state index contributed by atoms with van der Waals surface area (Å²) in [5.41, 5.74) is 5.78. The summed E-state index contributed by atoms with van der Waals surface area (Å²) in [6, 6.07) is 0. The molecule has 0 aliphatic rings. The minimum absolute atomic E-state index is 0.116. The van der Waals surface area contributed by atoms with Crippen LogP contribution in [-0.2, 0) is 0 Å². The lowest BCUT2D eigenvalue weighted by molar-refractivity contribution is 0.245. The molecule has 0 aromatic carbocycles. The van der Waals surface area contributed by atoms with Crippen LogP contribution in [0.2, 0.25) is 0 Å². The molecule has 0 radical (unpaired) electrons. The van der Waals surface area contributed by atoms with E-state index in [1.807, 2.05) is 13.8 Å². The molecule has 1 aromatic heterocycles. The molecular weight excluding hydrogens is 234 g/mol. The van der Waals surface area contributed by atoms with Gasteiger partial charge in [-0.1, -0.05) is 13.8 Å². The summed E-state index contributed by atoms with van der Waals surface area (Å²) in [4.78, 5) is 0. The molecule has 0 unspecified atom stereocenters. The Morgan fingerprint density at radius 2 is 2.06 bits per heavy atom. The van der Waals surface area contributed by atoms with E-state index in [9.17, 15) is 0 Å². The molecule has 0 fully saturated rings. The van der Waals surface area contributed by atoms with Gasteiger partial charge in [-0.15, -0.1) is 0 Å². The van der Waals surface area contributed by atoms with E-state index in [0.717, 1.165) is 23.9 Å². The van der Waals surface area contributed by atoms with Crippen LogP contribution in [0.3, 0.4) is 0 Å². The van der Waals surface area contributed by atoms with Gasteiger partial charge in [0.15, 0.2) is 16.6 Å². The number of nitrogen functional groups attached to an aromatic ring is 1. The smallest absolute Gasteiger partial charge is 0.197 e. The van der Waals surface area contributed by atoms with Gasteiger partial charge in [-0.3, -0.25) is 0 Å². The second-order valence-corrected chi connectivity index (χ2v) is 5.63. The van der Waals surface area contributed by atoms with Gasteiger partial charge in [0, 0.05) is 6.54 Å². The first-order valence-electron chi connectivity index (χ1n) is 6.16.